The molecule has 0 heterocycles. The van der Waals surface area contributed by atoms with Gasteiger partial charge in [0.1, 0.15) is 6.04 Å². The minimum atomic E-state index is -0.999. The molecule has 1 unspecified atom stereocenters. The predicted octanol–water partition coefficient (Wildman–Crippen LogP) is 1.23. The lowest BCUT2D eigenvalue weighted by molar-refractivity contribution is -0.123. The van der Waals surface area contributed by atoms with E-state index in [1.165, 1.54) is 12.1 Å². The molecule has 0 radical (unpaired) electrons. The Labute approximate surface area is 128 Å². The Hall–Kier alpha value is -2.57. The van der Waals surface area contributed by atoms with E-state index in [2.05, 4.69) is 10.6 Å². The van der Waals surface area contributed by atoms with Crippen molar-refractivity contribution in [2.45, 2.75) is 38.8 Å². The van der Waals surface area contributed by atoms with Crippen LogP contribution < -0.4 is 16.4 Å². The summed E-state index contributed by atoms with van der Waals surface area (Å²) in [7, 11) is 0. The first-order chi connectivity index (χ1) is 10.4. The van der Waals surface area contributed by atoms with Gasteiger partial charge >= 0.3 is 12.0 Å². The Morgan fingerprint density at radius 3 is 2.36 bits per heavy atom. The van der Waals surface area contributed by atoms with Crippen molar-refractivity contribution in [2.24, 2.45) is 5.73 Å². The molecule has 1 aromatic rings. The summed E-state index contributed by atoms with van der Waals surface area (Å²) in [5.41, 5.74) is 6.03. The van der Waals surface area contributed by atoms with Crippen molar-refractivity contribution in [1.82, 2.24) is 10.6 Å². The maximum Gasteiger partial charge on any atom is 0.335 e. The quantitative estimate of drug-likeness (QED) is 0.577. The topological polar surface area (TPSA) is 122 Å². The molecule has 0 aliphatic rings. The van der Waals surface area contributed by atoms with Crippen LogP contribution in [0.2, 0.25) is 0 Å². The Morgan fingerprint density at radius 1 is 1.23 bits per heavy atom. The van der Waals surface area contributed by atoms with Crippen LogP contribution in [0, 0.1) is 0 Å². The van der Waals surface area contributed by atoms with Gasteiger partial charge in [0.2, 0.25) is 5.91 Å². The summed E-state index contributed by atoms with van der Waals surface area (Å²) in [6, 6.07) is 4.82. The van der Waals surface area contributed by atoms with Crippen molar-refractivity contribution in [3.8, 4) is 0 Å². The van der Waals surface area contributed by atoms with Gasteiger partial charge in [0, 0.05) is 6.54 Å². The Balaban J connectivity index is 2.57. The van der Waals surface area contributed by atoms with Gasteiger partial charge in [-0.2, -0.15) is 0 Å². The molecule has 3 amide bonds. The Morgan fingerprint density at radius 2 is 1.86 bits per heavy atom. The lowest BCUT2D eigenvalue weighted by Gasteiger charge is -2.17. The van der Waals surface area contributed by atoms with Gasteiger partial charge in [0.25, 0.3) is 0 Å². The van der Waals surface area contributed by atoms with Gasteiger partial charge in [0.05, 0.1) is 5.56 Å². The van der Waals surface area contributed by atoms with Gasteiger partial charge in [-0.1, -0.05) is 31.9 Å². The number of nitrogens with one attached hydrogen (secondary N) is 2. The van der Waals surface area contributed by atoms with E-state index in [1.807, 2.05) is 6.92 Å². The van der Waals surface area contributed by atoms with Crippen LogP contribution in [0.25, 0.3) is 0 Å². The van der Waals surface area contributed by atoms with E-state index in [-0.39, 0.29) is 18.0 Å². The molecular weight excluding hydrogens is 286 g/mol. The molecule has 120 valence electrons. The van der Waals surface area contributed by atoms with Crippen LogP contribution in [0.4, 0.5) is 4.79 Å². The van der Waals surface area contributed by atoms with Gasteiger partial charge in [0.15, 0.2) is 0 Å². The monoisotopic (exact) mass is 307 g/mol. The summed E-state index contributed by atoms with van der Waals surface area (Å²) in [6.07, 6.45) is 2.22. The molecule has 7 heteroatoms. The molecule has 0 spiro atoms. The van der Waals surface area contributed by atoms with Crippen LogP contribution in [0.1, 0.15) is 42.1 Å². The summed E-state index contributed by atoms with van der Waals surface area (Å²) < 4.78 is 0. The number of aromatic carboxylic acids is 1. The molecule has 22 heavy (non-hydrogen) atoms. The van der Waals surface area contributed by atoms with Crippen LogP contribution in [0.3, 0.4) is 0 Å². The molecule has 1 aromatic carbocycles. The van der Waals surface area contributed by atoms with Gasteiger partial charge in [-0.15, -0.1) is 0 Å². The third kappa shape index (κ3) is 5.82. The number of primary amides is 1. The fraction of sp³-hybridized carbons (Fsp3) is 0.400. The molecule has 0 bridgehead atoms. The van der Waals surface area contributed by atoms with Gasteiger partial charge in [-0.05, 0) is 24.1 Å². The molecule has 1 rings (SSSR count). The van der Waals surface area contributed by atoms with E-state index in [9.17, 15) is 14.4 Å². The molecule has 7 nitrogen and oxygen atoms in total. The van der Waals surface area contributed by atoms with Crippen molar-refractivity contribution in [3.63, 3.8) is 0 Å². The number of amides is 3. The first-order valence-corrected chi connectivity index (χ1v) is 7.10. The molecule has 0 saturated heterocycles. The van der Waals surface area contributed by atoms with Gasteiger partial charge in [-0.25, -0.2) is 9.59 Å². The van der Waals surface area contributed by atoms with E-state index >= 15 is 0 Å². The standard InChI is InChI=1S/C15H21N3O4/c1-2-3-4-12(18-15(16)22)13(19)17-9-10-5-7-11(8-6-10)14(20)21/h5-8,12H,2-4,9H2,1H3,(H,17,19)(H,20,21)(H3,16,18,22). The van der Waals surface area contributed by atoms with Crippen LogP contribution in [0.15, 0.2) is 24.3 Å². The average molecular weight is 307 g/mol. The van der Waals surface area contributed by atoms with Crippen molar-refractivity contribution < 1.29 is 19.5 Å². The number of hydrogen-bond acceptors (Lipinski definition) is 3. The fourth-order valence-electron chi connectivity index (χ4n) is 1.93. The maximum atomic E-state index is 12.1. The second kappa shape index (κ2) is 8.66. The minimum Gasteiger partial charge on any atom is -0.478 e. The Kier molecular flexibility index (Phi) is 6.88. The van der Waals surface area contributed by atoms with E-state index < -0.39 is 18.0 Å². The molecule has 0 aliphatic carbocycles. The van der Waals surface area contributed by atoms with Crippen LogP contribution >= 0.6 is 0 Å². The van der Waals surface area contributed by atoms with Crippen molar-refractivity contribution >= 4 is 17.9 Å². The molecule has 0 saturated carbocycles. The number of carbonyl (C=O) groups is 3. The smallest absolute Gasteiger partial charge is 0.335 e. The number of hydrogen-bond donors (Lipinski definition) is 4. The summed E-state index contributed by atoms with van der Waals surface area (Å²) in [6.45, 7) is 2.24. The average Bonchev–Trinajstić information content (AvgIpc) is 2.49. The number of rotatable bonds is 8. The minimum absolute atomic E-state index is 0.186. The highest BCUT2D eigenvalue weighted by Crippen LogP contribution is 2.05. The van der Waals surface area contributed by atoms with Gasteiger partial charge < -0.3 is 21.5 Å². The third-order valence-electron chi connectivity index (χ3n) is 3.15. The highest BCUT2D eigenvalue weighted by Gasteiger charge is 2.18. The second-order valence-corrected chi connectivity index (χ2v) is 4.92. The zero-order chi connectivity index (χ0) is 16.5. The number of benzene rings is 1. The largest absolute Gasteiger partial charge is 0.478 e. The number of carboxylic acids is 1. The summed E-state index contributed by atoms with van der Waals surface area (Å²) >= 11 is 0. The zero-order valence-corrected chi connectivity index (χ0v) is 12.5. The second-order valence-electron chi connectivity index (χ2n) is 4.92. The van der Waals surface area contributed by atoms with E-state index in [0.717, 1.165) is 18.4 Å². The summed E-state index contributed by atoms with van der Waals surface area (Å²) in [5.74, 6) is -1.31. The van der Waals surface area contributed by atoms with Crippen molar-refractivity contribution in [1.29, 1.82) is 0 Å². The van der Waals surface area contributed by atoms with E-state index in [1.54, 1.807) is 12.1 Å². The van der Waals surface area contributed by atoms with Crippen LogP contribution in [-0.2, 0) is 11.3 Å². The first-order valence-electron chi connectivity index (χ1n) is 7.10. The van der Waals surface area contributed by atoms with Crippen molar-refractivity contribution in [3.05, 3.63) is 35.4 Å². The normalized spacial score (nSPS) is 11.5. The third-order valence-corrected chi connectivity index (χ3v) is 3.15. The molecule has 1 atom stereocenters. The number of carboxylic acid groups (broad SMARTS) is 1. The molecule has 5 N–H and O–H groups in total. The molecule has 0 fully saturated rings. The highest BCUT2D eigenvalue weighted by molar-refractivity contribution is 5.88. The van der Waals surface area contributed by atoms with Gasteiger partial charge in [-0.3, -0.25) is 4.79 Å². The van der Waals surface area contributed by atoms with E-state index in [0.29, 0.717) is 6.42 Å². The maximum absolute atomic E-state index is 12.1. The van der Waals surface area contributed by atoms with Crippen molar-refractivity contribution in [2.75, 3.05) is 0 Å². The van der Waals surface area contributed by atoms with Crippen LogP contribution in [0.5, 0.6) is 0 Å². The predicted molar refractivity (Wildman–Crippen MR) is 81.3 cm³/mol. The number of carbonyl (C=O) groups excluding carboxylic acids is 2. The number of unbranched alkanes of at least 4 members (excludes halogenated alkanes) is 1. The SMILES string of the molecule is CCCCC(NC(N)=O)C(=O)NCc1ccc(C(=O)O)cc1. The van der Waals surface area contributed by atoms with E-state index in [4.69, 9.17) is 10.8 Å². The number of urea groups is 1. The molecule has 0 aromatic heterocycles. The Bertz CT molecular complexity index is 528. The fourth-order valence-corrected chi connectivity index (χ4v) is 1.93. The highest BCUT2D eigenvalue weighted by atomic mass is 16.4. The lowest BCUT2D eigenvalue weighted by atomic mass is 10.1. The zero-order valence-electron chi connectivity index (χ0n) is 12.5. The lowest BCUT2D eigenvalue weighted by Crippen LogP contribution is -2.48. The number of nitrogens with two attached hydrogens (primary N) is 1. The molecule has 0 aliphatic heterocycles. The summed E-state index contributed by atoms with van der Waals surface area (Å²) in [4.78, 5) is 33.7. The van der Waals surface area contributed by atoms with Crippen LogP contribution in [-0.4, -0.2) is 29.1 Å². The first kappa shape index (κ1) is 17.5. The molecular formula is C15H21N3O4. The summed E-state index contributed by atoms with van der Waals surface area (Å²) in [5, 5.41) is 13.9.